The normalized spacial score (nSPS) is 31.8. The summed E-state index contributed by atoms with van der Waals surface area (Å²) in [6.45, 7) is 0. The lowest BCUT2D eigenvalue weighted by Gasteiger charge is -2.31. The molecule has 5 aliphatic heterocycles. The number of thioether (sulfide) groups is 9. The molecule has 5 rings (SSSR count). The molecule has 5 heterocycles. The summed E-state index contributed by atoms with van der Waals surface area (Å²) in [6.07, 6.45) is 3.31. The van der Waals surface area contributed by atoms with Gasteiger partial charge in [-0.15, -0.1) is 11.8 Å². The summed E-state index contributed by atoms with van der Waals surface area (Å²) in [7, 11) is 0. The quantitative estimate of drug-likeness (QED) is 0.0611. The van der Waals surface area contributed by atoms with Gasteiger partial charge in [-0.1, -0.05) is 36.7 Å². The van der Waals surface area contributed by atoms with E-state index in [4.69, 9.17) is 36.7 Å². The maximum absolute atomic E-state index is 6.25. The van der Waals surface area contributed by atoms with Crippen molar-refractivity contribution in [3.8, 4) is 0 Å². The Hall–Kier alpha value is 3.42. The standard InChI is InChI=1S/C24H34S12/c25-19(3-14-8-31-14)22(13-29-7-18-12-35-18)36-24(21(27)5-16-10-33-16)23(20(26)4-15-9-32-15)30-2-1-28-6-17-11-34-17/h14-18,22-24H,1-13H2. The fourth-order valence-corrected chi connectivity index (χ4v) is 15.0. The van der Waals surface area contributed by atoms with Gasteiger partial charge in [-0.25, -0.2) is 0 Å². The first kappa shape index (κ1) is 30.9. The molecule has 0 aliphatic carbocycles. The van der Waals surface area contributed by atoms with Crippen LogP contribution in [-0.4, -0.2) is 114 Å². The summed E-state index contributed by atoms with van der Waals surface area (Å²) >= 11 is 37.5. The monoisotopic (exact) mass is 706 g/mol. The first-order chi connectivity index (χ1) is 17.5. The molecule has 0 nitrogen and oxygen atoms in total. The number of thiocarbonyl (C=S) groups is 3. The minimum absolute atomic E-state index is 0.331. The summed E-state index contributed by atoms with van der Waals surface area (Å²) < 4.78 is 0. The molecule has 0 radical (unpaired) electrons. The number of hydrogen-bond donors (Lipinski definition) is 0. The van der Waals surface area contributed by atoms with Crippen LogP contribution < -0.4 is 0 Å². The highest BCUT2D eigenvalue weighted by Gasteiger charge is 2.38. The zero-order valence-corrected chi connectivity index (χ0v) is 30.0. The van der Waals surface area contributed by atoms with Crippen molar-refractivity contribution in [3.63, 3.8) is 0 Å². The second-order valence-electron chi connectivity index (χ2n) is 9.74. The van der Waals surface area contributed by atoms with E-state index in [2.05, 4.69) is 106 Å². The topological polar surface area (TPSA) is 0 Å². The van der Waals surface area contributed by atoms with Gasteiger partial charge in [0.2, 0.25) is 0 Å². The zero-order valence-electron chi connectivity index (χ0n) is 20.2. The van der Waals surface area contributed by atoms with E-state index in [1.807, 2.05) is 0 Å². The molecule has 12 heteroatoms. The summed E-state index contributed by atoms with van der Waals surface area (Å²) in [5, 5.41) is 5.21. The van der Waals surface area contributed by atoms with Gasteiger partial charge in [0.25, 0.3) is 0 Å². The molecule has 5 fully saturated rings. The molecule has 0 aromatic heterocycles. The van der Waals surface area contributed by atoms with Gasteiger partial charge in [-0.2, -0.15) is 94.1 Å². The Balaban J connectivity index is 1.25. The summed E-state index contributed by atoms with van der Waals surface area (Å²) in [6, 6.07) is 0. The second kappa shape index (κ2) is 15.8. The van der Waals surface area contributed by atoms with E-state index in [1.165, 1.54) is 66.4 Å². The molecule has 8 atom stereocenters. The molecule has 5 saturated heterocycles. The van der Waals surface area contributed by atoms with E-state index < -0.39 is 0 Å². The molecular formula is C24H34S12. The van der Waals surface area contributed by atoms with Gasteiger partial charge in [0.15, 0.2) is 0 Å². The minimum Gasteiger partial charge on any atom is -0.160 e. The van der Waals surface area contributed by atoms with E-state index in [-0.39, 0.29) is 0 Å². The van der Waals surface area contributed by atoms with E-state index in [1.54, 1.807) is 0 Å². The third kappa shape index (κ3) is 12.0. The lowest BCUT2D eigenvalue weighted by atomic mass is 10.1. The first-order valence-electron chi connectivity index (χ1n) is 12.6. The molecule has 36 heavy (non-hydrogen) atoms. The van der Waals surface area contributed by atoms with E-state index >= 15 is 0 Å². The van der Waals surface area contributed by atoms with E-state index in [0.29, 0.717) is 15.7 Å². The van der Waals surface area contributed by atoms with Crippen molar-refractivity contribution in [2.75, 3.05) is 57.5 Å². The summed E-state index contributed by atoms with van der Waals surface area (Å²) in [4.78, 5) is 3.85. The molecule has 0 aromatic rings. The Kier molecular flexibility index (Phi) is 13.5. The molecule has 0 amide bonds. The van der Waals surface area contributed by atoms with Crippen LogP contribution in [0.4, 0.5) is 0 Å². The fourth-order valence-electron chi connectivity index (χ4n) is 3.73. The Labute approximate surface area is 272 Å². The molecule has 0 saturated carbocycles. The van der Waals surface area contributed by atoms with Crippen LogP contribution >= 0.6 is 143 Å². The van der Waals surface area contributed by atoms with Crippen LogP contribution in [0.15, 0.2) is 0 Å². The first-order valence-corrected chi connectivity index (χ1v) is 23.4. The maximum Gasteiger partial charge on any atom is 0.0532 e. The molecule has 202 valence electrons. The van der Waals surface area contributed by atoms with Gasteiger partial charge in [-0.05, 0) is 19.3 Å². The predicted molar refractivity (Wildman–Crippen MR) is 199 cm³/mol. The van der Waals surface area contributed by atoms with Gasteiger partial charge >= 0.3 is 0 Å². The van der Waals surface area contributed by atoms with Crippen LogP contribution in [-0.2, 0) is 0 Å². The highest BCUT2D eigenvalue weighted by molar-refractivity contribution is 8.11. The van der Waals surface area contributed by atoms with Crippen LogP contribution in [0.25, 0.3) is 0 Å². The maximum atomic E-state index is 6.25. The van der Waals surface area contributed by atoms with Gasteiger partial charge in [0.05, 0.1) is 10.5 Å². The van der Waals surface area contributed by atoms with Crippen molar-refractivity contribution in [1.82, 2.24) is 0 Å². The Morgan fingerprint density at radius 1 is 0.611 bits per heavy atom. The van der Waals surface area contributed by atoms with E-state index in [0.717, 1.165) is 51.3 Å². The molecule has 8 unspecified atom stereocenters. The average molecular weight is 707 g/mol. The zero-order chi connectivity index (χ0) is 24.9. The molecule has 0 spiro atoms. The third-order valence-electron chi connectivity index (χ3n) is 6.28. The third-order valence-corrected chi connectivity index (χ3v) is 19.3. The van der Waals surface area contributed by atoms with Crippen molar-refractivity contribution in [3.05, 3.63) is 0 Å². The average Bonchev–Trinajstić information content (AvgIpc) is 3.66. The van der Waals surface area contributed by atoms with Gasteiger partial charge in [0, 0.05) is 104 Å². The number of hydrogen-bond acceptors (Lipinski definition) is 12. The molecule has 0 N–H and O–H groups in total. The molecular weight excluding hydrogens is 673 g/mol. The number of rotatable bonds is 22. The Bertz CT molecular complexity index is 769. The van der Waals surface area contributed by atoms with Crippen LogP contribution in [0.5, 0.6) is 0 Å². The lowest BCUT2D eigenvalue weighted by molar-refractivity contribution is 1.04. The van der Waals surface area contributed by atoms with Crippen LogP contribution in [0.2, 0.25) is 0 Å². The van der Waals surface area contributed by atoms with Crippen molar-refractivity contribution in [2.24, 2.45) is 0 Å². The minimum atomic E-state index is 0.331. The van der Waals surface area contributed by atoms with Crippen molar-refractivity contribution in [1.29, 1.82) is 0 Å². The van der Waals surface area contributed by atoms with Gasteiger partial charge in [-0.3, -0.25) is 0 Å². The second-order valence-corrected chi connectivity index (χ2v) is 22.8. The fraction of sp³-hybridized carbons (Fsp3) is 0.875. The summed E-state index contributed by atoms with van der Waals surface area (Å²) in [5.74, 6) is 12.7. The highest BCUT2D eigenvalue weighted by atomic mass is 32.2. The van der Waals surface area contributed by atoms with Crippen molar-refractivity contribution < 1.29 is 0 Å². The lowest BCUT2D eigenvalue weighted by Crippen LogP contribution is -2.38. The summed E-state index contributed by atoms with van der Waals surface area (Å²) in [5.41, 5.74) is 0. The van der Waals surface area contributed by atoms with Crippen molar-refractivity contribution in [2.45, 2.75) is 61.3 Å². The molecule has 0 aromatic carbocycles. The van der Waals surface area contributed by atoms with Crippen molar-refractivity contribution >= 4 is 157 Å². The van der Waals surface area contributed by atoms with Gasteiger partial charge < -0.3 is 0 Å². The smallest absolute Gasteiger partial charge is 0.0532 e. The van der Waals surface area contributed by atoms with Crippen LogP contribution in [0.3, 0.4) is 0 Å². The van der Waals surface area contributed by atoms with E-state index in [9.17, 15) is 0 Å². The molecule has 5 aliphatic rings. The largest absolute Gasteiger partial charge is 0.160 e. The Morgan fingerprint density at radius 2 is 1.08 bits per heavy atom. The predicted octanol–water partition coefficient (Wildman–Crippen LogP) is 7.88. The SMILES string of the molecule is S=C(CC1CS1)C(CSCC1CS1)SC(C(=S)CC1CS1)C(SCCSCC1CS1)C(=S)CC1CS1. The Morgan fingerprint density at radius 3 is 1.61 bits per heavy atom. The molecule has 0 bridgehead atoms. The van der Waals surface area contributed by atoms with Crippen LogP contribution in [0.1, 0.15) is 19.3 Å². The highest BCUT2D eigenvalue weighted by Crippen LogP contribution is 2.43. The van der Waals surface area contributed by atoms with Crippen LogP contribution in [0, 0.1) is 0 Å². The van der Waals surface area contributed by atoms with Gasteiger partial charge in [0.1, 0.15) is 0 Å².